The fourth-order valence-corrected chi connectivity index (χ4v) is 3.27. The van der Waals surface area contributed by atoms with E-state index in [1.165, 1.54) is 18.2 Å². The summed E-state index contributed by atoms with van der Waals surface area (Å²) in [6, 6.07) is 7.91. The van der Waals surface area contributed by atoms with Crippen molar-refractivity contribution in [1.82, 2.24) is 0 Å². The number of hydrogen-bond acceptors (Lipinski definition) is 4. The molecule has 25 heavy (non-hydrogen) atoms. The van der Waals surface area contributed by atoms with Crippen LogP contribution in [0.4, 0.5) is 0 Å². The van der Waals surface area contributed by atoms with Crippen LogP contribution in [0.5, 0.6) is 11.5 Å². The van der Waals surface area contributed by atoms with Crippen LogP contribution in [0.2, 0.25) is 0 Å². The highest BCUT2D eigenvalue weighted by atomic mass is 16.3. The molecule has 2 N–H and O–H groups in total. The molecule has 1 aliphatic rings. The van der Waals surface area contributed by atoms with Gasteiger partial charge in [-0.1, -0.05) is 36.4 Å². The van der Waals surface area contributed by atoms with Crippen molar-refractivity contribution in [2.24, 2.45) is 0 Å². The summed E-state index contributed by atoms with van der Waals surface area (Å²) in [6.45, 7) is 3.64. The van der Waals surface area contributed by atoms with E-state index in [2.05, 4.69) is 0 Å². The van der Waals surface area contributed by atoms with Crippen LogP contribution in [0.15, 0.2) is 54.6 Å². The number of carbonyl (C=O) groups is 2. The Morgan fingerprint density at radius 1 is 1.04 bits per heavy atom. The summed E-state index contributed by atoms with van der Waals surface area (Å²) in [7, 11) is 0. The second-order valence-electron chi connectivity index (χ2n) is 6.04. The van der Waals surface area contributed by atoms with Crippen molar-refractivity contribution < 1.29 is 19.8 Å². The monoisotopic (exact) mass is 334 g/mol. The van der Waals surface area contributed by atoms with Gasteiger partial charge in [-0.2, -0.15) is 0 Å². The zero-order valence-electron chi connectivity index (χ0n) is 14.0. The van der Waals surface area contributed by atoms with Crippen LogP contribution in [0.1, 0.15) is 45.5 Å². The van der Waals surface area contributed by atoms with Gasteiger partial charge in [-0.05, 0) is 48.7 Å². The molecule has 1 aliphatic carbocycles. The largest absolute Gasteiger partial charge is 0.507 e. The second kappa shape index (κ2) is 6.40. The third kappa shape index (κ3) is 2.76. The average Bonchev–Trinajstić information content (AvgIpc) is 2.54. The Bertz CT molecular complexity index is 935. The Hall–Kier alpha value is -3.14. The Morgan fingerprint density at radius 2 is 1.76 bits per heavy atom. The summed E-state index contributed by atoms with van der Waals surface area (Å²) in [5, 5.41) is 20.5. The molecule has 1 atom stereocenters. The van der Waals surface area contributed by atoms with Crippen LogP contribution in [-0.2, 0) is 4.79 Å². The molecule has 2 aromatic carbocycles. The van der Waals surface area contributed by atoms with E-state index in [-0.39, 0.29) is 28.4 Å². The Kier molecular flexibility index (Phi) is 4.28. The molecule has 0 bridgehead atoms. The predicted octanol–water partition coefficient (Wildman–Crippen LogP) is 3.78. The molecule has 0 aliphatic heterocycles. The molecule has 3 rings (SSSR count). The number of ketones is 2. The summed E-state index contributed by atoms with van der Waals surface area (Å²) in [4.78, 5) is 25.7. The molecular formula is C21H18O4. The zero-order chi connectivity index (χ0) is 18.1. The second-order valence-corrected chi connectivity index (χ2v) is 6.04. The number of phenolic OH excluding ortho intramolecular Hbond substituents is 2. The number of fused-ring (bicyclic) bond motifs is 2. The van der Waals surface area contributed by atoms with Crippen LogP contribution in [0.25, 0.3) is 0 Å². The van der Waals surface area contributed by atoms with Gasteiger partial charge < -0.3 is 10.2 Å². The zero-order valence-corrected chi connectivity index (χ0v) is 14.0. The number of aryl methyl sites for hydroxylation is 1. The lowest BCUT2D eigenvalue weighted by molar-refractivity contribution is -0.115. The molecule has 1 unspecified atom stereocenters. The summed E-state index contributed by atoms with van der Waals surface area (Å²) >= 11 is 0. The predicted molar refractivity (Wildman–Crippen MR) is 95.2 cm³/mol. The Morgan fingerprint density at radius 3 is 2.48 bits per heavy atom. The van der Waals surface area contributed by atoms with Gasteiger partial charge in [0.25, 0.3) is 0 Å². The van der Waals surface area contributed by atoms with Crippen LogP contribution in [0, 0.1) is 6.92 Å². The highest BCUT2D eigenvalue weighted by molar-refractivity contribution is 6.18. The van der Waals surface area contributed by atoms with Gasteiger partial charge in [0, 0.05) is 0 Å². The summed E-state index contributed by atoms with van der Waals surface area (Å²) in [6.07, 6.45) is 6.62. The van der Waals surface area contributed by atoms with Crippen molar-refractivity contribution in [2.45, 2.75) is 19.8 Å². The van der Waals surface area contributed by atoms with E-state index in [1.807, 2.05) is 6.92 Å². The first kappa shape index (κ1) is 16.7. The van der Waals surface area contributed by atoms with E-state index in [1.54, 1.807) is 43.4 Å². The van der Waals surface area contributed by atoms with Gasteiger partial charge in [-0.15, -0.1) is 0 Å². The maximum Gasteiger partial charge on any atom is 0.201 e. The van der Waals surface area contributed by atoms with Gasteiger partial charge in [-0.3, -0.25) is 9.59 Å². The highest BCUT2D eigenvalue weighted by Crippen LogP contribution is 2.43. The lowest BCUT2D eigenvalue weighted by atomic mass is 9.74. The van der Waals surface area contributed by atoms with Crippen molar-refractivity contribution in [3.63, 3.8) is 0 Å². The standard InChI is InChI=1S/C21H18O4/c1-3-4-5-8-15(22)18-13-7-6-9-16(23)19(13)21(25)20-14(18)10-12(2)11-17(20)24/h3-11,18,23-24H,1-2H3/b4-3+,8-5-. The molecule has 2 aromatic rings. The van der Waals surface area contributed by atoms with Gasteiger partial charge in [0.1, 0.15) is 11.5 Å². The number of allylic oxidation sites excluding steroid dienone is 4. The lowest BCUT2D eigenvalue weighted by Crippen LogP contribution is -2.24. The first-order chi connectivity index (χ1) is 12.0. The number of phenols is 2. The maximum absolute atomic E-state index is 12.8. The summed E-state index contributed by atoms with van der Waals surface area (Å²) in [5.41, 5.74) is 1.83. The van der Waals surface area contributed by atoms with Gasteiger partial charge in [0.2, 0.25) is 5.78 Å². The lowest BCUT2D eigenvalue weighted by Gasteiger charge is -2.27. The normalized spacial score (nSPS) is 16.2. The van der Waals surface area contributed by atoms with Crippen LogP contribution in [-0.4, -0.2) is 21.8 Å². The van der Waals surface area contributed by atoms with Crippen molar-refractivity contribution >= 4 is 11.6 Å². The maximum atomic E-state index is 12.8. The molecule has 0 fully saturated rings. The Labute approximate surface area is 145 Å². The molecule has 126 valence electrons. The summed E-state index contributed by atoms with van der Waals surface area (Å²) in [5.74, 6) is -1.81. The molecule has 0 amide bonds. The quantitative estimate of drug-likeness (QED) is 0.661. The fraction of sp³-hybridized carbons (Fsp3) is 0.143. The SMILES string of the molecule is C/C=C/C=C\C(=O)C1c2cccc(O)c2C(=O)c2c(O)cc(C)cc21. The van der Waals surface area contributed by atoms with Gasteiger partial charge in [-0.25, -0.2) is 0 Å². The molecule has 0 aromatic heterocycles. The van der Waals surface area contributed by atoms with E-state index >= 15 is 0 Å². The van der Waals surface area contributed by atoms with Crippen molar-refractivity contribution in [2.75, 3.05) is 0 Å². The molecule has 4 nitrogen and oxygen atoms in total. The number of carbonyl (C=O) groups excluding carboxylic acids is 2. The van der Waals surface area contributed by atoms with E-state index in [4.69, 9.17) is 0 Å². The number of rotatable bonds is 3. The fourth-order valence-electron chi connectivity index (χ4n) is 3.27. The van der Waals surface area contributed by atoms with E-state index < -0.39 is 11.7 Å². The van der Waals surface area contributed by atoms with E-state index in [0.29, 0.717) is 11.1 Å². The molecule has 0 radical (unpaired) electrons. The van der Waals surface area contributed by atoms with Crippen LogP contribution >= 0.6 is 0 Å². The molecule has 4 heteroatoms. The van der Waals surface area contributed by atoms with Crippen LogP contribution < -0.4 is 0 Å². The highest BCUT2D eigenvalue weighted by Gasteiger charge is 2.37. The third-order valence-corrected chi connectivity index (χ3v) is 4.29. The van der Waals surface area contributed by atoms with Crippen molar-refractivity contribution in [1.29, 1.82) is 0 Å². The molecular weight excluding hydrogens is 316 g/mol. The van der Waals surface area contributed by atoms with Gasteiger partial charge in [0.05, 0.1) is 17.0 Å². The molecule has 0 spiro atoms. The number of hydrogen-bond donors (Lipinski definition) is 2. The molecule has 0 saturated heterocycles. The van der Waals surface area contributed by atoms with Gasteiger partial charge >= 0.3 is 0 Å². The Balaban J connectivity index is 2.29. The first-order valence-corrected chi connectivity index (χ1v) is 7.99. The smallest absolute Gasteiger partial charge is 0.201 e. The van der Waals surface area contributed by atoms with E-state index in [9.17, 15) is 19.8 Å². The van der Waals surface area contributed by atoms with E-state index in [0.717, 1.165) is 5.56 Å². The average molecular weight is 334 g/mol. The molecule has 0 heterocycles. The first-order valence-electron chi connectivity index (χ1n) is 7.99. The minimum absolute atomic E-state index is 0.0759. The molecule has 0 saturated carbocycles. The number of aromatic hydroxyl groups is 2. The topological polar surface area (TPSA) is 74.6 Å². The minimum Gasteiger partial charge on any atom is -0.507 e. The summed E-state index contributed by atoms with van der Waals surface area (Å²) < 4.78 is 0. The minimum atomic E-state index is -0.748. The third-order valence-electron chi connectivity index (χ3n) is 4.29. The van der Waals surface area contributed by atoms with Crippen LogP contribution in [0.3, 0.4) is 0 Å². The van der Waals surface area contributed by atoms with Gasteiger partial charge in [0.15, 0.2) is 5.78 Å². The van der Waals surface area contributed by atoms with Crippen molar-refractivity contribution in [3.8, 4) is 11.5 Å². The van der Waals surface area contributed by atoms with Crippen molar-refractivity contribution in [3.05, 3.63) is 82.5 Å². The number of benzene rings is 2.